The minimum Gasteiger partial charge on any atom is -0.391 e. The summed E-state index contributed by atoms with van der Waals surface area (Å²) in [6.45, 7) is 2.21. The SMILES string of the molecule is Cc1cc(N2C[C@@H](O)C[C@H]2c2ccc(F)c(F)c2)n2ncnc2n1. The van der Waals surface area contributed by atoms with Gasteiger partial charge in [-0.1, -0.05) is 6.07 Å². The highest BCUT2D eigenvalue weighted by Gasteiger charge is 2.34. The van der Waals surface area contributed by atoms with Crippen molar-refractivity contribution in [2.75, 3.05) is 11.4 Å². The van der Waals surface area contributed by atoms with Gasteiger partial charge >= 0.3 is 0 Å². The molecule has 2 atom stereocenters. The summed E-state index contributed by atoms with van der Waals surface area (Å²) in [6, 6.07) is 5.38. The second kappa shape index (κ2) is 5.48. The lowest BCUT2D eigenvalue weighted by Crippen LogP contribution is -2.27. The van der Waals surface area contributed by atoms with Gasteiger partial charge < -0.3 is 10.0 Å². The third-order valence-electron chi connectivity index (χ3n) is 4.26. The monoisotopic (exact) mass is 331 g/mol. The minimum atomic E-state index is -0.898. The van der Waals surface area contributed by atoms with Crippen LogP contribution >= 0.6 is 0 Å². The normalized spacial score (nSPS) is 20.9. The Bertz CT molecular complexity index is 913. The summed E-state index contributed by atoms with van der Waals surface area (Å²) in [4.78, 5) is 10.3. The Balaban J connectivity index is 1.82. The standard InChI is InChI=1S/C16H15F2N5O/c1-9-4-15(23-16(21-9)19-8-20-23)22-7-11(24)6-14(22)10-2-3-12(17)13(18)5-10/h2-5,8,11,14,24H,6-7H2,1H3/t11-,14-/m0/s1. The largest absolute Gasteiger partial charge is 0.391 e. The summed E-state index contributed by atoms with van der Waals surface area (Å²) in [5, 5.41) is 14.3. The van der Waals surface area contributed by atoms with E-state index in [9.17, 15) is 13.9 Å². The molecule has 1 aliphatic rings. The third-order valence-corrected chi connectivity index (χ3v) is 4.26. The molecule has 8 heteroatoms. The molecule has 1 saturated heterocycles. The van der Waals surface area contributed by atoms with Crippen LogP contribution in [-0.4, -0.2) is 37.3 Å². The quantitative estimate of drug-likeness (QED) is 0.778. The molecular formula is C16H15F2N5O. The first kappa shape index (κ1) is 14.9. The lowest BCUT2D eigenvalue weighted by Gasteiger charge is -2.27. The lowest BCUT2D eigenvalue weighted by atomic mass is 10.0. The van der Waals surface area contributed by atoms with Gasteiger partial charge in [-0.3, -0.25) is 0 Å². The number of hydrogen-bond acceptors (Lipinski definition) is 5. The molecule has 0 bridgehead atoms. The maximum Gasteiger partial charge on any atom is 0.254 e. The highest BCUT2D eigenvalue weighted by Crippen LogP contribution is 2.36. The summed E-state index contributed by atoms with van der Waals surface area (Å²) >= 11 is 0. The van der Waals surface area contributed by atoms with Crippen molar-refractivity contribution in [1.29, 1.82) is 0 Å². The van der Waals surface area contributed by atoms with E-state index in [1.807, 2.05) is 17.9 Å². The fourth-order valence-electron chi connectivity index (χ4n) is 3.22. The van der Waals surface area contributed by atoms with E-state index in [0.717, 1.165) is 11.8 Å². The molecule has 2 aromatic heterocycles. The van der Waals surface area contributed by atoms with E-state index in [4.69, 9.17) is 0 Å². The maximum absolute atomic E-state index is 13.6. The Morgan fingerprint density at radius 2 is 2.04 bits per heavy atom. The van der Waals surface area contributed by atoms with Crippen LogP contribution in [-0.2, 0) is 0 Å². The van der Waals surface area contributed by atoms with E-state index < -0.39 is 17.7 Å². The van der Waals surface area contributed by atoms with Gasteiger partial charge in [0.25, 0.3) is 5.78 Å². The first-order valence-electron chi connectivity index (χ1n) is 7.60. The Labute approximate surface area is 136 Å². The van der Waals surface area contributed by atoms with Crippen molar-refractivity contribution < 1.29 is 13.9 Å². The van der Waals surface area contributed by atoms with E-state index >= 15 is 0 Å². The molecule has 0 amide bonds. The van der Waals surface area contributed by atoms with Crippen molar-refractivity contribution in [1.82, 2.24) is 19.6 Å². The number of aromatic nitrogens is 4. The second-order valence-electron chi connectivity index (χ2n) is 5.96. The molecule has 0 unspecified atom stereocenters. The Morgan fingerprint density at radius 1 is 1.21 bits per heavy atom. The molecule has 0 radical (unpaired) electrons. The topological polar surface area (TPSA) is 66.5 Å². The van der Waals surface area contributed by atoms with Crippen LogP contribution in [0.25, 0.3) is 5.78 Å². The second-order valence-corrected chi connectivity index (χ2v) is 5.96. The number of β-amino-alcohol motifs (C(OH)–C–C–N with tert-alkyl or cyclic N) is 1. The number of fused-ring (bicyclic) bond motifs is 1. The van der Waals surface area contributed by atoms with Crippen molar-refractivity contribution in [2.45, 2.75) is 25.5 Å². The van der Waals surface area contributed by atoms with Crippen LogP contribution in [0.2, 0.25) is 0 Å². The van der Waals surface area contributed by atoms with E-state index in [0.29, 0.717) is 30.1 Å². The zero-order chi connectivity index (χ0) is 16.8. The van der Waals surface area contributed by atoms with E-state index in [-0.39, 0.29) is 6.04 Å². The number of aliphatic hydroxyl groups is 1. The fourth-order valence-corrected chi connectivity index (χ4v) is 3.22. The number of anilines is 1. The molecule has 0 spiro atoms. The van der Waals surface area contributed by atoms with Crippen LogP contribution in [0.5, 0.6) is 0 Å². The number of aliphatic hydroxyl groups excluding tert-OH is 1. The van der Waals surface area contributed by atoms with Gasteiger partial charge in [0.05, 0.1) is 12.1 Å². The number of aryl methyl sites for hydroxylation is 1. The molecule has 0 saturated carbocycles. The summed E-state index contributed by atoms with van der Waals surface area (Å²) in [6.07, 6.45) is 1.25. The average Bonchev–Trinajstić information content (AvgIpc) is 3.15. The van der Waals surface area contributed by atoms with Gasteiger partial charge in [-0.2, -0.15) is 14.6 Å². The number of hydrogen-bond donors (Lipinski definition) is 1. The highest BCUT2D eigenvalue weighted by atomic mass is 19.2. The molecule has 3 aromatic rings. The van der Waals surface area contributed by atoms with Crippen molar-refractivity contribution in [2.24, 2.45) is 0 Å². The van der Waals surface area contributed by atoms with Crippen molar-refractivity contribution >= 4 is 11.6 Å². The maximum atomic E-state index is 13.6. The Morgan fingerprint density at radius 3 is 2.83 bits per heavy atom. The van der Waals surface area contributed by atoms with Gasteiger partial charge in [0.1, 0.15) is 12.1 Å². The number of rotatable bonds is 2. The smallest absolute Gasteiger partial charge is 0.254 e. The average molecular weight is 331 g/mol. The molecule has 1 N–H and O–H groups in total. The molecule has 1 aliphatic heterocycles. The molecule has 1 fully saturated rings. The molecule has 0 aliphatic carbocycles. The summed E-state index contributed by atoms with van der Waals surface area (Å²) in [7, 11) is 0. The van der Waals surface area contributed by atoms with Crippen LogP contribution in [0.4, 0.5) is 14.6 Å². The van der Waals surface area contributed by atoms with Crippen LogP contribution in [0.3, 0.4) is 0 Å². The fraction of sp³-hybridized carbons (Fsp3) is 0.312. The lowest BCUT2D eigenvalue weighted by molar-refractivity contribution is 0.194. The number of halogens is 2. The van der Waals surface area contributed by atoms with Crippen molar-refractivity contribution in [3.63, 3.8) is 0 Å². The van der Waals surface area contributed by atoms with Gasteiger partial charge in [-0.15, -0.1) is 0 Å². The molecule has 124 valence electrons. The molecule has 24 heavy (non-hydrogen) atoms. The first-order valence-corrected chi connectivity index (χ1v) is 7.60. The molecule has 4 rings (SSSR count). The van der Waals surface area contributed by atoms with E-state index in [1.165, 1.54) is 12.4 Å². The van der Waals surface area contributed by atoms with Crippen LogP contribution < -0.4 is 4.90 Å². The summed E-state index contributed by atoms with van der Waals surface area (Å²) in [5.41, 5.74) is 1.36. The van der Waals surface area contributed by atoms with Crippen molar-refractivity contribution in [3.05, 3.63) is 53.5 Å². The summed E-state index contributed by atoms with van der Waals surface area (Å²) < 4.78 is 28.4. The van der Waals surface area contributed by atoms with Crippen molar-refractivity contribution in [3.8, 4) is 0 Å². The molecule has 3 heterocycles. The van der Waals surface area contributed by atoms with Crippen LogP contribution in [0.1, 0.15) is 23.7 Å². The predicted octanol–water partition coefficient (Wildman–Crippen LogP) is 2.02. The van der Waals surface area contributed by atoms with Gasteiger partial charge in [0.2, 0.25) is 0 Å². The molecule has 1 aromatic carbocycles. The highest BCUT2D eigenvalue weighted by molar-refractivity contribution is 5.50. The molecular weight excluding hydrogens is 316 g/mol. The molecule has 6 nitrogen and oxygen atoms in total. The van der Waals surface area contributed by atoms with E-state index in [2.05, 4.69) is 15.1 Å². The van der Waals surface area contributed by atoms with Gasteiger partial charge in [0, 0.05) is 18.3 Å². The third kappa shape index (κ3) is 2.39. The van der Waals surface area contributed by atoms with Gasteiger partial charge in [-0.05, 0) is 31.0 Å². The van der Waals surface area contributed by atoms with E-state index in [1.54, 1.807) is 10.6 Å². The number of nitrogens with zero attached hydrogens (tertiary/aromatic N) is 5. The minimum absolute atomic E-state index is 0.288. The first-order chi connectivity index (χ1) is 11.5. The van der Waals surface area contributed by atoms with Crippen LogP contribution in [0, 0.1) is 18.6 Å². The Kier molecular flexibility index (Phi) is 3.42. The summed E-state index contributed by atoms with van der Waals surface area (Å²) in [5.74, 6) is -0.621. The zero-order valence-corrected chi connectivity index (χ0v) is 12.9. The Hall–Kier alpha value is -2.61. The van der Waals surface area contributed by atoms with Crippen LogP contribution in [0.15, 0.2) is 30.6 Å². The number of benzene rings is 1. The predicted molar refractivity (Wildman–Crippen MR) is 82.6 cm³/mol. The van der Waals surface area contributed by atoms with Gasteiger partial charge in [0.15, 0.2) is 11.6 Å². The zero-order valence-electron chi connectivity index (χ0n) is 12.9. The van der Waals surface area contributed by atoms with Gasteiger partial charge in [-0.25, -0.2) is 13.8 Å².